The standard InChI is InChI=1S/C18H24Cl2N4O2S/c1-3-18-21-4-5-23(18)9-6-22-7-10-24(11-8-22)27(25,26)17-12-14(2)15(19)13-16(17)20/h4-5,12-13H,3,6-11H2,1-2H3. The number of aromatic nitrogens is 2. The number of nitrogens with zero attached hydrogens (tertiary/aromatic N) is 4. The molecule has 0 aliphatic carbocycles. The third kappa shape index (κ3) is 4.49. The van der Waals surface area contributed by atoms with Crippen LogP contribution in [0.1, 0.15) is 18.3 Å². The first-order valence-electron chi connectivity index (χ1n) is 9.01. The summed E-state index contributed by atoms with van der Waals surface area (Å²) in [6, 6.07) is 3.05. The van der Waals surface area contributed by atoms with Crippen molar-refractivity contribution in [3.63, 3.8) is 0 Å². The Balaban J connectivity index is 1.62. The van der Waals surface area contributed by atoms with E-state index in [-0.39, 0.29) is 9.92 Å². The quantitative estimate of drug-likeness (QED) is 0.706. The van der Waals surface area contributed by atoms with Crippen molar-refractivity contribution in [2.24, 2.45) is 0 Å². The number of sulfonamides is 1. The number of benzene rings is 1. The van der Waals surface area contributed by atoms with Crippen LogP contribution >= 0.6 is 23.2 Å². The van der Waals surface area contributed by atoms with Gasteiger partial charge >= 0.3 is 0 Å². The van der Waals surface area contributed by atoms with E-state index in [1.165, 1.54) is 10.4 Å². The third-order valence-corrected chi connectivity index (χ3v) is 7.71. The van der Waals surface area contributed by atoms with Gasteiger partial charge in [-0.15, -0.1) is 0 Å². The smallest absolute Gasteiger partial charge is 0.244 e. The van der Waals surface area contributed by atoms with E-state index in [9.17, 15) is 8.42 Å². The monoisotopic (exact) mass is 430 g/mol. The molecule has 0 bridgehead atoms. The number of rotatable bonds is 6. The first-order valence-corrected chi connectivity index (χ1v) is 11.2. The molecule has 1 aromatic heterocycles. The van der Waals surface area contributed by atoms with Gasteiger partial charge in [0.05, 0.1) is 5.02 Å². The van der Waals surface area contributed by atoms with Gasteiger partial charge in [0.25, 0.3) is 0 Å². The summed E-state index contributed by atoms with van der Waals surface area (Å²) in [4.78, 5) is 6.74. The molecule has 27 heavy (non-hydrogen) atoms. The summed E-state index contributed by atoms with van der Waals surface area (Å²) >= 11 is 12.2. The fraction of sp³-hybridized carbons (Fsp3) is 0.500. The molecule has 1 aromatic carbocycles. The molecule has 1 fully saturated rings. The zero-order valence-corrected chi connectivity index (χ0v) is 17.9. The topological polar surface area (TPSA) is 58.4 Å². The van der Waals surface area contributed by atoms with Gasteiger partial charge in [0.1, 0.15) is 10.7 Å². The van der Waals surface area contributed by atoms with Gasteiger partial charge in [-0.2, -0.15) is 4.31 Å². The molecular weight excluding hydrogens is 407 g/mol. The van der Waals surface area contributed by atoms with E-state index < -0.39 is 10.0 Å². The second-order valence-electron chi connectivity index (χ2n) is 6.67. The molecule has 3 rings (SSSR count). The van der Waals surface area contributed by atoms with Gasteiger partial charge in [0.2, 0.25) is 10.0 Å². The molecule has 1 aliphatic heterocycles. The summed E-state index contributed by atoms with van der Waals surface area (Å²) in [5.41, 5.74) is 0.699. The number of imidazole rings is 1. The van der Waals surface area contributed by atoms with Crippen LogP contribution in [0, 0.1) is 6.92 Å². The number of piperazine rings is 1. The fourth-order valence-corrected chi connectivity index (χ4v) is 5.50. The first-order chi connectivity index (χ1) is 12.8. The lowest BCUT2D eigenvalue weighted by atomic mass is 10.2. The van der Waals surface area contributed by atoms with Crippen LogP contribution in [0.25, 0.3) is 0 Å². The summed E-state index contributed by atoms with van der Waals surface area (Å²) in [5.74, 6) is 1.07. The summed E-state index contributed by atoms with van der Waals surface area (Å²) in [6.45, 7) is 7.88. The van der Waals surface area contributed by atoms with Crippen LogP contribution in [0.4, 0.5) is 0 Å². The Morgan fingerprint density at radius 3 is 2.44 bits per heavy atom. The van der Waals surface area contributed by atoms with E-state index in [1.807, 2.05) is 12.4 Å². The first kappa shape index (κ1) is 20.6. The maximum atomic E-state index is 13.0. The van der Waals surface area contributed by atoms with Crippen molar-refractivity contribution in [3.8, 4) is 0 Å². The van der Waals surface area contributed by atoms with Crippen molar-refractivity contribution in [2.75, 3.05) is 32.7 Å². The summed E-state index contributed by atoms with van der Waals surface area (Å²) in [5, 5.41) is 0.634. The van der Waals surface area contributed by atoms with Crippen LogP contribution in [0.3, 0.4) is 0 Å². The molecule has 0 spiro atoms. The minimum Gasteiger partial charge on any atom is -0.334 e. The maximum absolute atomic E-state index is 13.0. The molecule has 148 valence electrons. The Kier molecular flexibility index (Phi) is 6.48. The van der Waals surface area contributed by atoms with E-state index >= 15 is 0 Å². The Morgan fingerprint density at radius 2 is 1.78 bits per heavy atom. The third-order valence-electron chi connectivity index (χ3n) is 4.94. The number of hydrogen-bond acceptors (Lipinski definition) is 4. The minimum atomic E-state index is -3.62. The second kappa shape index (κ2) is 8.49. The molecule has 2 aromatic rings. The highest BCUT2D eigenvalue weighted by Gasteiger charge is 2.30. The number of aryl methyl sites for hydroxylation is 2. The van der Waals surface area contributed by atoms with Crippen molar-refractivity contribution < 1.29 is 8.42 Å². The van der Waals surface area contributed by atoms with Crippen LogP contribution in [-0.4, -0.2) is 59.9 Å². The van der Waals surface area contributed by atoms with Crippen LogP contribution in [0.5, 0.6) is 0 Å². The van der Waals surface area contributed by atoms with Gasteiger partial charge in [-0.25, -0.2) is 13.4 Å². The van der Waals surface area contributed by atoms with Gasteiger partial charge in [-0.3, -0.25) is 4.90 Å². The number of hydrogen-bond donors (Lipinski definition) is 0. The van der Waals surface area contributed by atoms with Crippen LogP contribution in [-0.2, 0) is 23.0 Å². The molecule has 9 heteroatoms. The Morgan fingerprint density at radius 1 is 1.07 bits per heavy atom. The predicted molar refractivity (Wildman–Crippen MR) is 108 cm³/mol. The second-order valence-corrected chi connectivity index (χ2v) is 9.39. The Labute approximate surface area is 170 Å². The average Bonchev–Trinajstić information content (AvgIpc) is 3.10. The van der Waals surface area contributed by atoms with E-state index in [4.69, 9.17) is 23.2 Å². The van der Waals surface area contributed by atoms with Crippen molar-refractivity contribution in [2.45, 2.75) is 31.7 Å². The van der Waals surface area contributed by atoms with Gasteiger partial charge < -0.3 is 4.57 Å². The van der Waals surface area contributed by atoms with Gasteiger partial charge in [-0.05, 0) is 24.6 Å². The molecule has 0 N–H and O–H groups in total. The zero-order chi connectivity index (χ0) is 19.6. The van der Waals surface area contributed by atoms with Crippen LogP contribution < -0.4 is 0 Å². The normalized spacial score (nSPS) is 16.7. The lowest BCUT2D eigenvalue weighted by Gasteiger charge is -2.34. The number of halogens is 2. The summed E-state index contributed by atoms with van der Waals surface area (Å²) < 4.78 is 29.6. The van der Waals surface area contributed by atoms with Crippen molar-refractivity contribution in [3.05, 3.63) is 46.0 Å². The molecular formula is C18H24Cl2N4O2S. The summed E-state index contributed by atoms with van der Waals surface area (Å²) in [7, 11) is -3.62. The van der Waals surface area contributed by atoms with E-state index in [2.05, 4.69) is 21.4 Å². The molecule has 2 heterocycles. The highest BCUT2D eigenvalue weighted by Crippen LogP contribution is 2.30. The van der Waals surface area contributed by atoms with E-state index in [1.54, 1.807) is 13.0 Å². The maximum Gasteiger partial charge on any atom is 0.244 e. The predicted octanol–water partition coefficient (Wildman–Crippen LogP) is 3.07. The van der Waals surface area contributed by atoms with Crippen LogP contribution in [0.15, 0.2) is 29.4 Å². The molecule has 1 saturated heterocycles. The molecule has 6 nitrogen and oxygen atoms in total. The van der Waals surface area contributed by atoms with Gasteiger partial charge in [-0.1, -0.05) is 30.1 Å². The van der Waals surface area contributed by atoms with E-state index in [0.29, 0.717) is 36.8 Å². The molecule has 1 aliphatic rings. The molecule has 0 unspecified atom stereocenters. The lowest BCUT2D eigenvalue weighted by Crippen LogP contribution is -2.49. The Bertz CT molecular complexity index is 906. The highest BCUT2D eigenvalue weighted by atomic mass is 35.5. The lowest BCUT2D eigenvalue weighted by molar-refractivity contribution is 0.182. The van der Waals surface area contributed by atoms with Crippen molar-refractivity contribution >= 4 is 33.2 Å². The molecule has 0 atom stereocenters. The molecule has 0 saturated carbocycles. The van der Waals surface area contributed by atoms with Crippen LogP contribution in [0.2, 0.25) is 10.0 Å². The summed E-state index contributed by atoms with van der Waals surface area (Å²) in [6.07, 6.45) is 4.71. The molecule has 0 radical (unpaired) electrons. The van der Waals surface area contributed by atoms with E-state index in [0.717, 1.165) is 25.3 Å². The molecule has 0 amide bonds. The van der Waals surface area contributed by atoms with Gasteiger partial charge in [0, 0.05) is 63.1 Å². The van der Waals surface area contributed by atoms with Gasteiger partial charge in [0.15, 0.2) is 0 Å². The SMILES string of the molecule is CCc1nccn1CCN1CCN(S(=O)(=O)c2cc(C)c(Cl)cc2Cl)CC1. The van der Waals surface area contributed by atoms with Crippen molar-refractivity contribution in [1.29, 1.82) is 0 Å². The largest absolute Gasteiger partial charge is 0.334 e. The zero-order valence-electron chi connectivity index (χ0n) is 15.5. The highest BCUT2D eigenvalue weighted by molar-refractivity contribution is 7.89. The minimum absolute atomic E-state index is 0.130. The van der Waals surface area contributed by atoms with Crippen molar-refractivity contribution in [1.82, 2.24) is 18.8 Å². The average molecular weight is 431 g/mol. The fourth-order valence-electron chi connectivity index (χ4n) is 3.27. The Hall–Kier alpha value is -1.12.